The first-order valence-corrected chi connectivity index (χ1v) is 10.6. The number of para-hydroxylation sites is 1. The lowest BCUT2D eigenvalue weighted by atomic mass is 9.91. The maximum Gasteiger partial charge on any atom is 0.339 e. The number of nitro benzene ring substituents is 1. The molecule has 1 heterocycles. The van der Waals surface area contributed by atoms with Crippen molar-refractivity contribution in [1.82, 2.24) is 4.98 Å². The first kappa shape index (κ1) is 21.4. The number of rotatable bonds is 5. The van der Waals surface area contributed by atoms with Gasteiger partial charge in [0, 0.05) is 28.9 Å². The van der Waals surface area contributed by atoms with Gasteiger partial charge in [-0.1, -0.05) is 37.1 Å². The van der Waals surface area contributed by atoms with Gasteiger partial charge < -0.3 is 10.1 Å². The molecule has 1 aliphatic rings. The van der Waals surface area contributed by atoms with E-state index >= 15 is 0 Å². The Kier molecular flexibility index (Phi) is 6.39. The minimum absolute atomic E-state index is 0.137. The van der Waals surface area contributed by atoms with Gasteiger partial charge in [0.25, 0.3) is 11.6 Å². The second kappa shape index (κ2) is 9.55. The molecule has 8 heteroatoms. The Morgan fingerprint density at radius 3 is 2.62 bits per heavy atom. The van der Waals surface area contributed by atoms with E-state index in [2.05, 4.69) is 5.32 Å². The minimum atomic E-state index is -0.569. The number of hydrogen-bond donors (Lipinski definition) is 1. The van der Waals surface area contributed by atoms with Gasteiger partial charge in [-0.25, -0.2) is 4.79 Å². The van der Waals surface area contributed by atoms with E-state index in [0.29, 0.717) is 5.56 Å². The van der Waals surface area contributed by atoms with Gasteiger partial charge in [-0.3, -0.25) is 19.9 Å². The Bertz CT molecular complexity index is 1190. The lowest BCUT2D eigenvalue weighted by molar-refractivity contribution is -0.384. The molecule has 2 aromatic carbocycles. The van der Waals surface area contributed by atoms with Crippen LogP contribution in [-0.4, -0.2) is 28.4 Å². The smallest absolute Gasteiger partial charge is 0.339 e. The lowest BCUT2D eigenvalue weighted by Gasteiger charge is -2.18. The molecule has 3 aromatic rings. The second-order valence-corrected chi connectivity index (χ2v) is 7.78. The fraction of sp³-hybridized carbons (Fsp3) is 0.292. The highest BCUT2D eigenvalue weighted by Crippen LogP contribution is 2.29. The van der Waals surface area contributed by atoms with Crippen LogP contribution in [0.1, 0.15) is 47.3 Å². The monoisotopic (exact) mass is 433 g/mol. The molecule has 4 rings (SSSR count). The summed E-state index contributed by atoms with van der Waals surface area (Å²) in [7, 11) is 0. The highest BCUT2D eigenvalue weighted by molar-refractivity contribution is 6.06. The van der Waals surface area contributed by atoms with Crippen LogP contribution in [0.5, 0.6) is 0 Å². The zero-order valence-electron chi connectivity index (χ0n) is 17.5. The number of ether oxygens (including phenoxy) is 1. The highest BCUT2D eigenvalue weighted by Gasteiger charge is 2.23. The van der Waals surface area contributed by atoms with Crippen molar-refractivity contribution in [3.8, 4) is 0 Å². The van der Waals surface area contributed by atoms with E-state index in [1.165, 1.54) is 24.3 Å². The van der Waals surface area contributed by atoms with Gasteiger partial charge in [-0.2, -0.15) is 0 Å². The largest absolute Gasteiger partial charge is 0.452 e. The van der Waals surface area contributed by atoms with Crippen molar-refractivity contribution in [2.45, 2.75) is 38.5 Å². The van der Waals surface area contributed by atoms with Crippen LogP contribution in [0.3, 0.4) is 0 Å². The van der Waals surface area contributed by atoms with Crippen LogP contribution < -0.4 is 5.32 Å². The molecule has 0 bridgehead atoms. The number of nitro groups is 1. The predicted octanol–water partition coefficient (Wildman–Crippen LogP) is 4.60. The van der Waals surface area contributed by atoms with Crippen LogP contribution in [0.15, 0.2) is 48.5 Å². The highest BCUT2D eigenvalue weighted by atomic mass is 16.6. The molecule has 0 unspecified atom stereocenters. The van der Waals surface area contributed by atoms with Crippen molar-refractivity contribution in [3.05, 3.63) is 75.5 Å². The van der Waals surface area contributed by atoms with E-state index in [1.54, 1.807) is 0 Å². The molecule has 1 aromatic heterocycles. The van der Waals surface area contributed by atoms with Crippen molar-refractivity contribution >= 4 is 34.2 Å². The molecule has 0 aliphatic heterocycles. The number of aryl methyl sites for hydroxylation is 1. The Balaban J connectivity index is 1.54. The molecular formula is C24H23N3O5. The van der Waals surface area contributed by atoms with Crippen molar-refractivity contribution in [2.75, 3.05) is 11.9 Å². The van der Waals surface area contributed by atoms with Crippen LogP contribution in [0.2, 0.25) is 0 Å². The normalized spacial score (nSPS) is 13.5. The first-order chi connectivity index (χ1) is 15.5. The van der Waals surface area contributed by atoms with Gasteiger partial charge >= 0.3 is 5.97 Å². The number of amides is 1. The molecule has 1 N–H and O–H groups in total. The van der Waals surface area contributed by atoms with Crippen molar-refractivity contribution in [3.63, 3.8) is 0 Å². The molecule has 1 amide bonds. The van der Waals surface area contributed by atoms with Gasteiger partial charge in [0.2, 0.25) is 0 Å². The number of benzene rings is 2. The minimum Gasteiger partial charge on any atom is -0.452 e. The maximum atomic E-state index is 13.1. The van der Waals surface area contributed by atoms with Crippen LogP contribution in [0.25, 0.3) is 10.9 Å². The van der Waals surface area contributed by atoms with Crippen molar-refractivity contribution in [2.24, 2.45) is 0 Å². The summed E-state index contributed by atoms with van der Waals surface area (Å²) in [4.78, 5) is 40.6. The third kappa shape index (κ3) is 4.74. The first-order valence-electron chi connectivity index (χ1n) is 10.6. The molecule has 8 nitrogen and oxygen atoms in total. The SMILES string of the molecule is O=C(COC(=O)c1c2c(nc3ccccc13)CCCCCC2)Nc1cccc([N+](=O)[O-])c1. The molecule has 164 valence electrons. The number of aromatic nitrogens is 1. The summed E-state index contributed by atoms with van der Waals surface area (Å²) in [5.74, 6) is -1.13. The second-order valence-electron chi connectivity index (χ2n) is 7.78. The average Bonchev–Trinajstić information content (AvgIpc) is 2.77. The Hall–Kier alpha value is -3.81. The summed E-state index contributed by atoms with van der Waals surface area (Å²) in [5.41, 5.74) is 3.18. The van der Waals surface area contributed by atoms with Gasteiger partial charge in [0.15, 0.2) is 6.61 Å². The lowest BCUT2D eigenvalue weighted by Crippen LogP contribution is -2.22. The summed E-state index contributed by atoms with van der Waals surface area (Å²) >= 11 is 0. The molecule has 32 heavy (non-hydrogen) atoms. The van der Waals surface area contributed by atoms with Crippen LogP contribution in [-0.2, 0) is 22.4 Å². The fourth-order valence-electron chi connectivity index (χ4n) is 4.06. The third-order valence-electron chi connectivity index (χ3n) is 5.55. The molecule has 0 saturated carbocycles. The summed E-state index contributed by atoms with van der Waals surface area (Å²) in [5, 5.41) is 14.1. The molecule has 0 radical (unpaired) electrons. The zero-order chi connectivity index (χ0) is 22.5. The molecule has 0 fully saturated rings. The average molecular weight is 433 g/mol. The number of fused-ring (bicyclic) bond motifs is 2. The number of hydrogen-bond acceptors (Lipinski definition) is 6. The standard InChI is InChI=1S/C24H23N3O5/c28-22(25-16-8-7-9-17(14-16)27(30)31)15-32-24(29)23-18-10-3-1-2-4-12-20(18)26-21-13-6-5-11-19(21)23/h5-9,11,13-14H,1-4,10,12,15H2,(H,25,28). The van der Waals surface area contributed by atoms with Crippen LogP contribution >= 0.6 is 0 Å². The number of carbonyl (C=O) groups is 2. The fourth-order valence-corrected chi connectivity index (χ4v) is 4.06. The van der Waals surface area contributed by atoms with E-state index in [0.717, 1.165) is 60.7 Å². The Morgan fingerprint density at radius 2 is 1.81 bits per heavy atom. The molecule has 1 aliphatic carbocycles. The number of nitrogens with one attached hydrogen (secondary N) is 1. The molecule has 0 atom stereocenters. The van der Waals surface area contributed by atoms with Crippen molar-refractivity contribution in [1.29, 1.82) is 0 Å². The number of carbonyl (C=O) groups excluding carboxylic acids is 2. The predicted molar refractivity (Wildman–Crippen MR) is 120 cm³/mol. The number of pyridine rings is 1. The van der Waals surface area contributed by atoms with Crippen LogP contribution in [0.4, 0.5) is 11.4 Å². The van der Waals surface area contributed by atoms with Crippen molar-refractivity contribution < 1.29 is 19.2 Å². The zero-order valence-corrected chi connectivity index (χ0v) is 17.5. The summed E-state index contributed by atoms with van der Waals surface area (Å²) < 4.78 is 5.37. The molecule has 0 spiro atoms. The number of non-ortho nitro benzene ring substituents is 1. The summed E-state index contributed by atoms with van der Waals surface area (Å²) in [6.07, 6.45) is 5.81. The third-order valence-corrected chi connectivity index (χ3v) is 5.55. The molecular weight excluding hydrogens is 410 g/mol. The Morgan fingerprint density at radius 1 is 1.03 bits per heavy atom. The van der Waals surface area contributed by atoms with E-state index in [1.807, 2.05) is 24.3 Å². The van der Waals surface area contributed by atoms with Gasteiger partial charge in [-0.15, -0.1) is 0 Å². The maximum absolute atomic E-state index is 13.1. The quantitative estimate of drug-likeness (QED) is 0.358. The van der Waals surface area contributed by atoms with E-state index in [-0.39, 0.29) is 11.4 Å². The number of anilines is 1. The summed E-state index contributed by atoms with van der Waals surface area (Å²) in [6, 6.07) is 13.0. The Labute approximate surface area is 184 Å². The number of esters is 1. The van der Waals surface area contributed by atoms with Gasteiger partial charge in [0.1, 0.15) is 0 Å². The molecule has 0 saturated heterocycles. The van der Waals surface area contributed by atoms with Gasteiger partial charge in [0.05, 0.1) is 16.0 Å². The van der Waals surface area contributed by atoms with E-state index in [9.17, 15) is 19.7 Å². The van der Waals surface area contributed by atoms with E-state index in [4.69, 9.17) is 9.72 Å². The van der Waals surface area contributed by atoms with Gasteiger partial charge in [-0.05, 0) is 43.4 Å². The van der Waals surface area contributed by atoms with Crippen LogP contribution in [0, 0.1) is 10.1 Å². The topological polar surface area (TPSA) is 111 Å². The number of nitrogens with zero attached hydrogens (tertiary/aromatic N) is 2. The summed E-state index contributed by atoms with van der Waals surface area (Å²) in [6.45, 7) is -0.493. The van der Waals surface area contributed by atoms with E-state index < -0.39 is 23.4 Å².